The van der Waals surface area contributed by atoms with E-state index in [0.29, 0.717) is 0 Å². The van der Waals surface area contributed by atoms with E-state index in [1.54, 1.807) is 0 Å². The van der Waals surface area contributed by atoms with E-state index < -0.39 is 0 Å². The van der Waals surface area contributed by atoms with Gasteiger partial charge in [0.05, 0.1) is 0 Å². The van der Waals surface area contributed by atoms with E-state index in [1.165, 1.54) is 5.56 Å². The molecule has 1 rings (SSSR count). The van der Waals surface area contributed by atoms with Crippen LogP contribution >= 0.6 is 0 Å². The molecule has 48 valence electrons. The first-order valence-electron chi connectivity index (χ1n) is 2.61. The summed E-state index contributed by atoms with van der Waals surface area (Å²) in [6, 6.07) is 10.0. The van der Waals surface area contributed by atoms with Gasteiger partial charge in [0.1, 0.15) is 0 Å². The van der Waals surface area contributed by atoms with Crippen molar-refractivity contribution in [3.63, 3.8) is 0 Å². The van der Waals surface area contributed by atoms with Gasteiger partial charge in [-0.3, -0.25) is 0 Å². The van der Waals surface area contributed by atoms with Crippen molar-refractivity contribution < 1.29 is 0 Å². The number of hydrogen-bond donors (Lipinski definition) is 0. The normalized spacial score (nSPS) is 7.56. The van der Waals surface area contributed by atoms with Crippen molar-refractivity contribution in [3.05, 3.63) is 42.5 Å². The van der Waals surface area contributed by atoms with Crippen LogP contribution in [-0.4, -0.2) is 18.0 Å². The van der Waals surface area contributed by atoms with Crippen LogP contribution in [0.3, 0.4) is 0 Å². The maximum absolute atomic E-state index is 3.63. The summed E-state index contributed by atoms with van der Waals surface area (Å²) in [6.45, 7) is 3.63. The summed E-state index contributed by atoms with van der Waals surface area (Å²) in [4.78, 5) is 0. The van der Waals surface area contributed by atoms with Gasteiger partial charge < -0.3 is 0 Å². The molecular weight excluding hydrogens is 171 g/mol. The monoisotopic (exact) mass is 182 g/mol. The third-order valence-corrected chi connectivity index (χ3v) is 1.04. The third-order valence-electron chi connectivity index (χ3n) is 1.04. The Kier molecular flexibility index (Phi) is 4.17. The van der Waals surface area contributed by atoms with E-state index in [0.717, 1.165) is 0 Å². The van der Waals surface area contributed by atoms with E-state index in [1.807, 2.05) is 36.4 Å². The summed E-state index contributed by atoms with van der Waals surface area (Å²) >= 11 is 0. The molecular formula is C8H11As. The fourth-order valence-corrected chi connectivity index (χ4v) is 0.589. The van der Waals surface area contributed by atoms with Crippen LogP contribution in [0.25, 0.3) is 6.08 Å². The van der Waals surface area contributed by atoms with E-state index >= 15 is 0 Å². The van der Waals surface area contributed by atoms with Gasteiger partial charge in [-0.2, -0.15) is 0 Å². The van der Waals surface area contributed by atoms with Crippen molar-refractivity contribution in [1.82, 2.24) is 0 Å². The quantitative estimate of drug-likeness (QED) is 0.571. The van der Waals surface area contributed by atoms with E-state index in [4.69, 9.17) is 0 Å². The molecule has 1 aromatic rings. The Morgan fingerprint density at radius 1 is 1.11 bits per heavy atom. The molecule has 1 atom stereocenters. The van der Waals surface area contributed by atoms with E-state index in [9.17, 15) is 0 Å². The van der Waals surface area contributed by atoms with E-state index in [-0.39, 0.29) is 18.0 Å². The molecule has 1 heteroatoms. The summed E-state index contributed by atoms with van der Waals surface area (Å²) in [6.07, 6.45) is 1.83. The topological polar surface area (TPSA) is 0 Å². The zero-order chi connectivity index (χ0) is 5.82. The fraction of sp³-hybridized carbons (Fsp3) is 0. The molecule has 0 aliphatic carbocycles. The van der Waals surface area contributed by atoms with E-state index in [2.05, 4.69) is 6.58 Å². The van der Waals surface area contributed by atoms with Gasteiger partial charge in [-0.15, -0.1) is 0 Å². The van der Waals surface area contributed by atoms with Crippen LogP contribution in [0, 0.1) is 0 Å². The van der Waals surface area contributed by atoms with Crippen LogP contribution in [0.1, 0.15) is 5.56 Å². The van der Waals surface area contributed by atoms with Gasteiger partial charge in [0.2, 0.25) is 0 Å². The molecule has 0 aliphatic rings. The Hall–Kier alpha value is -0.482. The first kappa shape index (κ1) is 8.52. The SMILES string of the molecule is C=Cc1ccccc1.[AsH3]. The van der Waals surface area contributed by atoms with Crippen molar-refractivity contribution in [2.24, 2.45) is 0 Å². The van der Waals surface area contributed by atoms with Crippen molar-refractivity contribution in [2.45, 2.75) is 0 Å². The van der Waals surface area contributed by atoms with Gasteiger partial charge in [-0.1, -0.05) is 43.0 Å². The summed E-state index contributed by atoms with van der Waals surface area (Å²) in [5.41, 5.74) is 1.17. The van der Waals surface area contributed by atoms with Crippen molar-refractivity contribution in [2.75, 3.05) is 0 Å². The van der Waals surface area contributed by atoms with Crippen LogP contribution in [0.4, 0.5) is 0 Å². The molecule has 0 fully saturated rings. The molecule has 0 saturated carbocycles. The van der Waals surface area contributed by atoms with Crippen LogP contribution < -0.4 is 0 Å². The van der Waals surface area contributed by atoms with Gasteiger partial charge in [0.25, 0.3) is 0 Å². The Labute approximate surface area is 66.9 Å². The first-order valence-corrected chi connectivity index (χ1v) is 2.61. The average Bonchev–Trinajstić information content (AvgIpc) is 1.90. The van der Waals surface area contributed by atoms with Gasteiger partial charge in [0.15, 0.2) is 0 Å². The van der Waals surface area contributed by atoms with Gasteiger partial charge in [-0.25, -0.2) is 0 Å². The first-order chi connectivity index (χ1) is 3.93. The molecule has 0 nitrogen and oxygen atoms in total. The molecule has 0 saturated heterocycles. The zero-order valence-corrected chi connectivity index (χ0v) is 8.35. The molecule has 0 spiro atoms. The van der Waals surface area contributed by atoms with Crippen molar-refractivity contribution >= 4 is 24.0 Å². The second-order valence-corrected chi connectivity index (χ2v) is 1.61. The summed E-state index contributed by atoms with van der Waals surface area (Å²) in [7, 11) is 0. The molecule has 0 amide bonds. The van der Waals surface area contributed by atoms with Crippen LogP contribution in [0.15, 0.2) is 36.9 Å². The predicted molar refractivity (Wildman–Crippen MR) is 46.5 cm³/mol. The summed E-state index contributed by atoms with van der Waals surface area (Å²) in [5, 5.41) is 0. The molecule has 1 unspecified atom stereocenters. The summed E-state index contributed by atoms with van der Waals surface area (Å²) < 4.78 is 0. The molecule has 0 aliphatic heterocycles. The Bertz CT molecular complexity index is 167. The Balaban J connectivity index is 0.000000640. The standard InChI is InChI=1S/C8H8.AsH3/c1-2-8-6-4-3-5-7-8;/h2-7H,1H2;1H3. The molecule has 0 radical (unpaired) electrons. The molecule has 0 bridgehead atoms. The molecule has 1 aromatic carbocycles. The molecule has 0 heterocycles. The average molecular weight is 182 g/mol. The Morgan fingerprint density at radius 2 is 1.67 bits per heavy atom. The predicted octanol–water partition coefficient (Wildman–Crippen LogP) is 1.15. The van der Waals surface area contributed by atoms with Gasteiger partial charge in [0, 0.05) is 0 Å². The van der Waals surface area contributed by atoms with Crippen molar-refractivity contribution in [3.8, 4) is 0 Å². The Morgan fingerprint density at radius 3 is 2.00 bits per heavy atom. The van der Waals surface area contributed by atoms with Gasteiger partial charge >= 0.3 is 18.0 Å². The van der Waals surface area contributed by atoms with Crippen LogP contribution in [0.5, 0.6) is 0 Å². The second-order valence-electron chi connectivity index (χ2n) is 1.61. The number of hydrogen-bond acceptors (Lipinski definition) is 0. The van der Waals surface area contributed by atoms with Crippen molar-refractivity contribution in [1.29, 1.82) is 0 Å². The molecule has 0 aromatic heterocycles. The number of rotatable bonds is 1. The third kappa shape index (κ3) is 2.53. The van der Waals surface area contributed by atoms with Crippen LogP contribution in [-0.2, 0) is 0 Å². The van der Waals surface area contributed by atoms with Gasteiger partial charge in [-0.05, 0) is 5.56 Å². The number of benzene rings is 1. The maximum atomic E-state index is 3.63. The molecule has 9 heavy (non-hydrogen) atoms. The second kappa shape index (κ2) is 4.40. The fourth-order valence-electron chi connectivity index (χ4n) is 0.589. The minimum absolute atomic E-state index is 0. The summed E-state index contributed by atoms with van der Waals surface area (Å²) in [5.74, 6) is 0. The molecule has 0 N–H and O–H groups in total. The zero-order valence-electron chi connectivity index (χ0n) is 5.38. The van der Waals surface area contributed by atoms with Crippen LogP contribution in [0.2, 0.25) is 0 Å². The minimum atomic E-state index is 0.